The summed E-state index contributed by atoms with van der Waals surface area (Å²) in [6.45, 7) is 3.64. The molecular weight excluding hydrogens is 588 g/mol. The highest BCUT2D eigenvalue weighted by molar-refractivity contribution is 7.99. The van der Waals surface area contributed by atoms with Crippen LogP contribution in [0, 0.1) is 5.92 Å². The van der Waals surface area contributed by atoms with Gasteiger partial charge in [-0.15, -0.1) is 0 Å². The molecule has 0 aromatic heterocycles. The fraction of sp³-hybridized carbons (Fsp3) is 0.424. The zero-order chi connectivity index (χ0) is 31.2. The summed E-state index contributed by atoms with van der Waals surface area (Å²) in [4.78, 5) is 13.1. The second-order valence-electron chi connectivity index (χ2n) is 10.8. The Labute approximate surface area is 259 Å². The van der Waals surface area contributed by atoms with Crippen LogP contribution in [-0.2, 0) is 37.1 Å². The maximum atomic E-state index is 13.1. The van der Waals surface area contributed by atoms with E-state index in [1.54, 1.807) is 11.8 Å². The Morgan fingerprint density at radius 1 is 0.884 bits per heavy atom. The van der Waals surface area contributed by atoms with E-state index in [0.29, 0.717) is 30.8 Å². The minimum Gasteiger partial charge on any atom is -0.461 e. The summed E-state index contributed by atoms with van der Waals surface area (Å²) >= 11 is 1.55. The van der Waals surface area contributed by atoms with Crippen LogP contribution in [0.5, 0.6) is 0 Å². The molecule has 0 aliphatic heterocycles. The van der Waals surface area contributed by atoms with Crippen molar-refractivity contribution in [2.24, 2.45) is 5.92 Å². The van der Waals surface area contributed by atoms with Gasteiger partial charge in [-0.2, -0.15) is 20.2 Å². The highest BCUT2D eigenvalue weighted by atomic mass is 32.3. The summed E-state index contributed by atoms with van der Waals surface area (Å²) in [7, 11) is -4.49. The molecule has 0 spiro atoms. The first-order chi connectivity index (χ1) is 20.6. The molecular formula is C33H42O8S2. The summed E-state index contributed by atoms with van der Waals surface area (Å²) in [6, 6.07) is 26.1. The highest BCUT2D eigenvalue weighted by Crippen LogP contribution is 2.30. The van der Waals surface area contributed by atoms with Gasteiger partial charge in [-0.1, -0.05) is 92.7 Å². The molecule has 0 aliphatic carbocycles. The predicted octanol–water partition coefficient (Wildman–Crippen LogP) is 5.53. The monoisotopic (exact) mass is 630 g/mol. The second kappa shape index (κ2) is 17.5. The minimum absolute atomic E-state index is 0.0752. The van der Waals surface area contributed by atoms with E-state index in [2.05, 4.69) is 29.3 Å². The van der Waals surface area contributed by atoms with E-state index in [0.717, 1.165) is 27.8 Å². The largest absolute Gasteiger partial charge is 0.461 e. The molecule has 0 heterocycles. The molecule has 4 unspecified atom stereocenters. The molecule has 3 aromatic carbocycles. The first-order valence-corrected chi connectivity index (χ1v) is 17.0. The van der Waals surface area contributed by atoms with Gasteiger partial charge in [0.2, 0.25) is 0 Å². The highest BCUT2D eigenvalue weighted by Gasteiger charge is 2.22. The third-order valence-corrected chi connectivity index (χ3v) is 8.97. The van der Waals surface area contributed by atoms with Crippen LogP contribution in [0.2, 0.25) is 0 Å². The third kappa shape index (κ3) is 12.4. The Bertz CT molecular complexity index is 1370. The molecule has 0 radical (unpaired) electrons. The van der Waals surface area contributed by atoms with E-state index < -0.39 is 16.5 Å². The Morgan fingerprint density at radius 2 is 1.51 bits per heavy atom. The number of ether oxygens (including phenoxy) is 1. The van der Waals surface area contributed by atoms with E-state index in [4.69, 9.17) is 14.4 Å². The maximum absolute atomic E-state index is 13.1. The Kier molecular flexibility index (Phi) is 14.2. The number of thioether (sulfide) groups is 1. The number of carbonyl (C=O) groups is 1. The lowest BCUT2D eigenvalue weighted by Crippen LogP contribution is -2.20. The fourth-order valence-electron chi connectivity index (χ4n) is 4.89. The molecule has 4 atom stereocenters. The molecule has 0 saturated heterocycles. The van der Waals surface area contributed by atoms with Gasteiger partial charge in [-0.05, 0) is 53.0 Å². The van der Waals surface area contributed by atoms with Crippen LogP contribution in [0.25, 0.3) is 0 Å². The van der Waals surface area contributed by atoms with Gasteiger partial charge < -0.3 is 14.9 Å². The lowest BCUT2D eigenvalue weighted by atomic mass is 9.90. The summed E-state index contributed by atoms with van der Waals surface area (Å²) in [6.07, 6.45) is 0.705. The normalized spacial score (nSPS) is 14.5. The van der Waals surface area contributed by atoms with Gasteiger partial charge in [0.1, 0.15) is 6.61 Å². The van der Waals surface area contributed by atoms with Gasteiger partial charge in [-0.3, -0.25) is 9.35 Å². The van der Waals surface area contributed by atoms with Crippen LogP contribution < -0.4 is 0 Å². The first-order valence-electron chi connectivity index (χ1n) is 14.4. The molecule has 0 aliphatic rings. The van der Waals surface area contributed by atoms with Crippen molar-refractivity contribution < 1.29 is 36.9 Å². The van der Waals surface area contributed by atoms with Gasteiger partial charge in [0.15, 0.2) is 0 Å². The zero-order valence-corrected chi connectivity index (χ0v) is 26.3. The van der Waals surface area contributed by atoms with Crippen molar-refractivity contribution in [3.05, 3.63) is 107 Å². The molecule has 10 heteroatoms. The lowest BCUT2D eigenvalue weighted by molar-refractivity contribution is -0.149. The van der Waals surface area contributed by atoms with Crippen LogP contribution in [0.4, 0.5) is 0 Å². The molecule has 3 rings (SSSR count). The van der Waals surface area contributed by atoms with E-state index in [-0.39, 0.29) is 43.5 Å². The van der Waals surface area contributed by atoms with Crippen LogP contribution in [0.1, 0.15) is 66.3 Å². The quantitative estimate of drug-likeness (QED) is 0.0944. The smallest absolute Gasteiger partial charge is 0.397 e. The van der Waals surface area contributed by atoms with Crippen molar-refractivity contribution in [1.29, 1.82) is 0 Å². The van der Waals surface area contributed by atoms with Crippen LogP contribution >= 0.6 is 11.8 Å². The van der Waals surface area contributed by atoms with Gasteiger partial charge in [0.25, 0.3) is 0 Å². The Morgan fingerprint density at radius 3 is 2.14 bits per heavy atom. The van der Waals surface area contributed by atoms with E-state index >= 15 is 0 Å². The summed E-state index contributed by atoms with van der Waals surface area (Å²) < 4.78 is 40.9. The third-order valence-electron chi connectivity index (χ3n) is 7.25. The van der Waals surface area contributed by atoms with Crippen molar-refractivity contribution in [2.45, 2.75) is 57.7 Å². The van der Waals surface area contributed by atoms with Crippen LogP contribution in [-0.4, -0.2) is 60.0 Å². The van der Waals surface area contributed by atoms with Gasteiger partial charge >= 0.3 is 16.4 Å². The molecule has 234 valence electrons. The maximum Gasteiger partial charge on any atom is 0.397 e. The van der Waals surface area contributed by atoms with Crippen LogP contribution in [0.15, 0.2) is 78.9 Å². The summed E-state index contributed by atoms with van der Waals surface area (Å²) in [5.41, 5.74) is 5.08. The molecule has 8 nitrogen and oxygen atoms in total. The van der Waals surface area contributed by atoms with Crippen molar-refractivity contribution >= 4 is 28.1 Å². The number of rotatable bonds is 18. The zero-order valence-electron chi connectivity index (χ0n) is 24.7. The standard InChI is InChI=1S/C33H42O8S2/c1-24(16-31(22-42-23-32(35)20-34)29-13-7-4-8-14-29)33(36)40-21-27-17-26(10-9-15-41-43(37,38)39)18-30(19-27)25(2)28-11-5-3-6-12-28/h3-8,11-14,17-19,24-25,31-32,34-35H,9-10,15-16,20-23H2,1-2H3,(H,37,38,39). The van der Waals surface area contributed by atoms with Crippen molar-refractivity contribution in [3.63, 3.8) is 0 Å². The SMILES string of the molecule is CC(CC(CSCC(O)CO)c1ccccc1)C(=O)OCc1cc(CCCOS(=O)(=O)O)cc(C(C)c2ccccc2)c1. The molecule has 0 amide bonds. The average molecular weight is 631 g/mol. The molecule has 0 saturated carbocycles. The summed E-state index contributed by atoms with van der Waals surface area (Å²) in [5.74, 6) is 0.606. The number of benzene rings is 3. The Hall–Kier alpha value is -2.73. The number of esters is 1. The number of hydrogen-bond acceptors (Lipinski definition) is 8. The van der Waals surface area contributed by atoms with E-state index in [1.807, 2.05) is 67.6 Å². The number of aryl methyl sites for hydroxylation is 1. The first kappa shape index (κ1) is 34.8. The number of aliphatic hydroxyl groups excluding tert-OH is 2. The van der Waals surface area contributed by atoms with Gasteiger partial charge in [-0.25, -0.2) is 4.18 Å². The molecule has 0 bridgehead atoms. The lowest BCUT2D eigenvalue weighted by Gasteiger charge is -2.21. The topological polar surface area (TPSA) is 130 Å². The summed E-state index contributed by atoms with van der Waals surface area (Å²) in [5, 5.41) is 18.9. The van der Waals surface area contributed by atoms with Gasteiger partial charge in [0.05, 0.1) is 25.2 Å². The van der Waals surface area contributed by atoms with Crippen molar-refractivity contribution in [3.8, 4) is 0 Å². The minimum atomic E-state index is -4.49. The van der Waals surface area contributed by atoms with Gasteiger partial charge in [0, 0.05) is 17.4 Å². The fourth-order valence-corrected chi connectivity index (χ4v) is 6.34. The number of carbonyl (C=O) groups excluding carboxylic acids is 1. The molecule has 3 aromatic rings. The van der Waals surface area contributed by atoms with Crippen LogP contribution in [0.3, 0.4) is 0 Å². The molecule has 0 fully saturated rings. The Balaban J connectivity index is 1.69. The van der Waals surface area contributed by atoms with Crippen molar-refractivity contribution in [1.82, 2.24) is 0 Å². The van der Waals surface area contributed by atoms with E-state index in [1.165, 1.54) is 0 Å². The molecule has 43 heavy (non-hydrogen) atoms. The van der Waals surface area contributed by atoms with Crippen molar-refractivity contribution in [2.75, 3.05) is 24.7 Å². The number of aliphatic hydroxyl groups is 2. The predicted molar refractivity (Wildman–Crippen MR) is 169 cm³/mol. The molecule has 3 N–H and O–H groups in total. The van der Waals surface area contributed by atoms with E-state index in [9.17, 15) is 18.3 Å². The second-order valence-corrected chi connectivity index (χ2v) is 13.0. The average Bonchev–Trinajstić information content (AvgIpc) is 3.01. The number of hydrogen-bond donors (Lipinski definition) is 3.